The minimum absolute atomic E-state index is 0.101. The number of hydrogen-bond donors (Lipinski definition) is 1. The Bertz CT molecular complexity index is 988. The molecule has 0 saturated carbocycles. The Morgan fingerprint density at radius 3 is 2.53 bits per heavy atom. The van der Waals surface area contributed by atoms with Crippen molar-refractivity contribution in [2.24, 2.45) is 0 Å². The number of rotatable bonds is 4. The molecule has 0 radical (unpaired) electrons. The first-order valence-corrected chi connectivity index (χ1v) is 10.6. The first-order valence-electron chi connectivity index (χ1n) is 10.6. The fraction of sp³-hybridized carbons (Fsp3) is 0.391. The minimum Gasteiger partial charge on any atom is -0.379 e. The van der Waals surface area contributed by atoms with Crippen molar-refractivity contribution < 1.29 is 14.3 Å². The van der Waals surface area contributed by atoms with Gasteiger partial charge in [0.05, 0.1) is 24.5 Å². The van der Waals surface area contributed by atoms with Crippen molar-refractivity contribution in [3.63, 3.8) is 0 Å². The average molecular weight is 406 g/mol. The van der Waals surface area contributed by atoms with E-state index in [0.29, 0.717) is 44.1 Å². The van der Waals surface area contributed by atoms with Crippen molar-refractivity contribution >= 4 is 23.2 Å². The van der Waals surface area contributed by atoms with E-state index in [1.54, 1.807) is 9.80 Å². The summed E-state index contributed by atoms with van der Waals surface area (Å²) in [6, 6.07) is 15.2. The predicted octanol–water partition coefficient (Wildman–Crippen LogP) is 2.11. The van der Waals surface area contributed by atoms with Crippen molar-refractivity contribution in [3.8, 4) is 0 Å². The van der Waals surface area contributed by atoms with E-state index in [0.717, 1.165) is 24.3 Å². The standard InChI is InChI=1S/C23H26N4O3/c1-2-26-20-10-6-4-8-18(20)23(22(26)29)24-19-9-5-3-7-17(19)21(28)27(23)12-11-25-13-15-30-16-14-25/h3-10,24H,2,11-16H2,1H3/t23-/m0/s1. The third-order valence-corrected chi connectivity index (χ3v) is 6.32. The molecule has 30 heavy (non-hydrogen) atoms. The highest BCUT2D eigenvalue weighted by molar-refractivity contribution is 6.15. The Morgan fingerprint density at radius 1 is 1.00 bits per heavy atom. The van der Waals surface area contributed by atoms with Gasteiger partial charge >= 0.3 is 0 Å². The lowest BCUT2D eigenvalue weighted by molar-refractivity contribution is -0.127. The lowest BCUT2D eigenvalue weighted by Gasteiger charge is -2.45. The van der Waals surface area contributed by atoms with E-state index in [4.69, 9.17) is 4.74 Å². The average Bonchev–Trinajstić information content (AvgIpc) is 3.02. The highest BCUT2D eigenvalue weighted by Gasteiger charge is 2.58. The van der Waals surface area contributed by atoms with E-state index in [9.17, 15) is 9.59 Å². The molecule has 1 N–H and O–H groups in total. The van der Waals surface area contributed by atoms with Crippen molar-refractivity contribution in [2.75, 3.05) is 56.2 Å². The van der Waals surface area contributed by atoms with E-state index >= 15 is 0 Å². The summed E-state index contributed by atoms with van der Waals surface area (Å²) in [5.74, 6) is -0.213. The Kier molecular flexibility index (Phi) is 4.72. The molecule has 1 saturated heterocycles. The maximum absolute atomic E-state index is 13.8. The van der Waals surface area contributed by atoms with Gasteiger partial charge in [-0.2, -0.15) is 0 Å². The highest BCUT2D eigenvalue weighted by Crippen LogP contribution is 2.47. The summed E-state index contributed by atoms with van der Waals surface area (Å²) in [5, 5.41) is 3.48. The van der Waals surface area contributed by atoms with Crippen molar-refractivity contribution in [1.82, 2.24) is 9.80 Å². The zero-order chi connectivity index (χ0) is 20.7. The number of carbonyl (C=O) groups excluding carboxylic acids is 2. The predicted molar refractivity (Wildman–Crippen MR) is 115 cm³/mol. The molecule has 3 heterocycles. The summed E-state index contributed by atoms with van der Waals surface area (Å²) in [4.78, 5) is 33.3. The van der Waals surface area contributed by atoms with Crippen LogP contribution in [-0.2, 0) is 15.2 Å². The van der Waals surface area contributed by atoms with Gasteiger partial charge in [-0.15, -0.1) is 0 Å². The van der Waals surface area contributed by atoms with Crippen molar-refractivity contribution in [1.29, 1.82) is 0 Å². The molecule has 0 aliphatic carbocycles. The van der Waals surface area contributed by atoms with Crippen LogP contribution in [0.1, 0.15) is 22.8 Å². The molecule has 3 aliphatic heterocycles. The van der Waals surface area contributed by atoms with Gasteiger partial charge in [-0.05, 0) is 25.1 Å². The summed E-state index contributed by atoms with van der Waals surface area (Å²) in [5.41, 5.74) is 1.78. The maximum atomic E-state index is 13.8. The number of likely N-dealkylation sites (N-methyl/N-ethyl adjacent to an activating group) is 1. The number of morpholine rings is 1. The van der Waals surface area contributed by atoms with Gasteiger partial charge in [-0.3, -0.25) is 14.5 Å². The number of hydrogen-bond acceptors (Lipinski definition) is 5. The second-order valence-corrected chi connectivity index (χ2v) is 7.86. The molecule has 156 valence electrons. The van der Waals surface area contributed by atoms with Gasteiger partial charge in [0.1, 0.15) is 0 Å². The molecule has 2 aromatic carbocycles. The van der Waals surface area contributed by atoms with Gasteiger partial charge in [0.15, 0.2) is 0 Å². The number of amides is 2. The molecular formula is C23H26N4O3. The van der Waals surface area contributed by atoms with Crippen LogP contribution in [0.15, 0.2) is 48.5 Å². The highest BCUT2D eigenvalue weighted by atomic mass is 16.5. The summed E-state index contributed by atoms with van der Waals surface area (Å²) < 4.78 is 5.45. The van der Waals surface area contributed by atoms with E-state index in [-0.39, 0.29) is 11.8 Å². The van der Waals surface area contributed by atoms with Gasteiger partial charge < -0.3 is 19.9 Å². The third kappa shape index (κ3) is 2.73. The lowest BCUT2D eigenvalue weighted by Crippen LogP contribution is -2.63. The Hall–Kier alpha value is -2.90. The second-order valence-electron chi connectivity index (χ2n) is 7.86. The topological polar surface area (TPSA) is 65.1 Å². The number of fused-ring (bicyclic) bond motifs is 3. The molecular weight excluding hydrogens is 380 g/mol. The van der Waals surface area contributed by atoms with Crippen LogP contribution in [0, 0.1) is 0 Å². The van der Waals surface area contributed by atoms with Gasteiger partial charge in [-0.1, -0.05) is 30.3 Å². The molecule has 0 unspecified atom stereocenters. The molecule has 1 atom stereocenters. The van der Waals surface area contributed by atoms with E-state index in [1.165, 1.54) is 0 Å². The minimum atomic E-state index is -1.22. The Labute approximate surface area is 176 Å². The summed E-state index contributed by atoms with van der Waals surface area (Å²) in [7, 11) is 0. The number of carbonyl (C=O) groups is 2. The quantitative estimate of drug-likeness (QED) is 0.843. The van der Waals surface area contributed by atoms with E-state index < -0.39 is 5.66 Å². The fourth-order valence-corrected chi connectivity index (χ4v) is 4.80. The Balaban J connectivity index is 1.60. The monoisotopic (exact) mass is 406 g/mol. The normalized spacial score (nSPS) is 23.5. The van der Waals surface area contributed by atoms with Gasteiger partial charge in [-0.25, -0.2) is 0 Å². The van der Waals surface area contributed by atoms with Crippen LogP contribution in [0.2, 0.25) is 0 Å². The van der Waals surface area contributed by atoms with Crippen molar-refractivity contribution in [3.05, 3.63) is 59.7 Å². The van der Waals surface area contributed by atoms with Crippen LogP contribution in [-0.4, -0.2) is 67.6 Å². The number of anilines is 2. The SMILES string of the molecule is CCN1C(=O)[C@]2(Nc3ccccc3C(=O)N2CCN2CCOCC2)c2ccccc21. The molecule has 1 fully saturated rings. The van der Waals surface area contributed by atoms with Gasteiger partial charge in [0.2, 0.25) is 5.66 Å². The first kappa shape index (κ1) is 19.1. The molecule has 0 bridgehead atoms. The Morgan fingerprint density at radius 2 is 1.73 bits per heavy atom. The summed E-state index contributed by atoms with van der Waals surface area (Å²) in [6.07, 6.45) is 0. The molecule has 2 aromatic rings. The number of para-hydroxylation sites is 2. The van der Waals surface area contributed by atoms with Crippen LogP contribution in [0.5, 0.6) is 0 Å². The molecule has 5 rings (SSSR count). The molecule has 0 aromatic heterocycles. The number of nitrogens with zero attached hydrogens (tertiary/aromatic N) is 3. The van der Waals surface area contributed by atoms with Crippen LogP contribution in [0.25, 0.3) is 0 Å². The largest absolute Gasteiger partial charge is 0.379 e. The van der Waals surface area contributed by atoms with Crippen LogP contribution in [0.3, 0.4) is 0 Å². The van der Waals surface area contributed by atoms with Crippen LogP contribution >= 0.6 is 0 Å². The fourth-order valence-electron chi connectivity index (χ4n) is 4.80. The van der Waals surface area contributed by atoms with Crippen LogP contribution in [0.4, 0.5) is 11.4 Å². The number of nitrogens with one attached hydrogen (secondary N) is 1. The maximum Gasteiger partial charge on any atom is 0.278 e. The summed E-state index contributed by atoms with van der Waals surface area (Å²) >= 11 is 0. The van der Waals surface area contributed by atoms with Crippen molar-refractivity contribution in [2.45, 2.75) is 12.6 Å². The summed E-state index contributed by atoms with van der Waals surface area (Å²) in [6.45, 7) is 6.74. The zero-order valence-electron chi connectivity index (χ0n) is 17.1. The smallest absolute Gasteiger partial charge is 0.278 e. The zero-order valence-corrected chi connectivity index (χ0v) is 17.1. The molecule has 2 amide bonds. The number of benzene rings is 2. The van der Waals surface area contributed by atoms with E-state index in [1.807, 2.05) is 55.5 Å². The molecule has 7 nitrogen and oxygen atoms in total. The van der Waals surface area contributed by atoms with E-state index in [2.05, 4.69) is 10.2 Å². The molecule has 1 spiro atoms. The van der Waals surface area contributed by atoms with Gasteiger partial charge in [0, 0.05) is 44.0 Å². The number of ether oxygens (including phenoxy) is 1. The lowest BCUT2D eigenvalue weighted by atomic mass is 9.93. The third-order valence-electron chi connectivity index (χ3n) is 6.32. The molecule has 7 heteroatoms. The van der Waals surface area contributed by atoms with Gasteiger partial charge in [0.25, 0.3) is 11.8 Å². The van der Waals surface area contributed by atoms with Crippen LogP contribution < -0.4 is 10.2 Å². The first-order chi connectivity index (χ1) is 14.7. The second kappa shape index (κ2) is 7.41. The molecule has 3 aliphatic rings.